The fraction of sp³-hybridized carbons (Fsp3) is 0.316. The first-order valence-electron chi connectivity index (χ1n) is 8.06. The Hall–Kier alpha value is -2.60. The Morgan fingerprint density at radius 3 is 2.60 bits per heavy atom. The van der Waals surface area contributed by atoms with E-state index in [9.17, 15) is 9.18 Å². The van der Waals surface area contributed by atoms with E-state index < -0.39 is 0 Å². The smallest absolute Gasteiger partial charge is 0.315 e. The highest BCUT2D eigenvalue weighted by atomic mass is 19.1. The summed E-state index contributed by atoms with van der Waals surface area (Å²) in [5.41, 5.74) is 1.49. The molecule has 0 spiro atoms. The summed E-state index contributed by atoms with van der Waals surface area (Å²) in [6, 6.07) is 13.8. The second kappa shape index (κ2) is 9.03. The minimum atomic E-state index is -0.335. The molecule has 2 aromatic rings. The normalized spacial score (nSPS) is 11.9. The quantitative estimate of drug-likeness (QED) is 0.811. The number of rotatable bonds is 7. The molecule has 0 aliphatic carbocycles. The first-order valence-corrected chi connectivity index (χ1v) is 8.06. The predicted octanol–water partition coefficient (Wildman–Crippen LogP) is 2.94. The topological polar surface area (TPSA) is 53.6 Å². The summed E-state index contributed by atoms with van der Waals surface area (Å²) in [7, 11) is 5.52. The van der Waals surface area contributed by atoms with Gasteiger partial charge in [0, 0.05) is 18.7 Å². The second-order valence-electron chi connectivity index (χ2n) is 5.91. The summed E-state index contributed by atoms with van der Waals surface area (Å²) in [5, 5.41) is 5.51. The molecular weight excluding hydrogens is 321 g/mol. The van der Waals surface area contributed by atoms with Crippen LogP contribution in [0.4, 0.5) is 9.18 Å². The molecule has 2 aromatic carbocycles. The van der Waals surface area contributed by atoms with E-state index in [0.717, 1.165) is 11.3 Å². The summed E-state index contributed by atoms with van der Waals surface area (Å²) >= 11 is 0. The Kier molecular flexibility index (Phi) is 6.77. The van der Waals surface area contributed by atoms with E-state index in [0.29, 0.717) is 12.1 Å². The maximum Gasteiger partial charge on any atom is 0.315 e. The molecule has 2 rings (SSSR count). The Bertz CT molecular complexity index is 707. The van der Waals surface area contributed by atoms with Gasteiger partial charge in [-0.1, -0.05) is 30.3 Å². The van der Waals surface area contributed by atoms with Crippen LogP contribution in [0, 0.1) is 5.82 Å². The van der Waals surface area contributed by atoms with Crippen LogP contribution >= 0.6 is 0 Å². The van der Waals surface area contributed by atoms with Gasteiger partial charge in [-0.05, 0) is 37.9 Å². The van der Waals surface area contributed by atoms with Crippen molar-refractivity contribution in [2.24, 2.45) is 0 Å². The van der Waals surface area contributed by atoms with E-state index >= 15 is 0 Å². The molecule has 0 heterocycles. The number of urea groups is 1. The van der Waals surface area contributed by atoms with Crippen molar-refractivity contribution >= 4 is 6.03 Å². The van der Waals surface area contributed by atoms with Crippen LogP contribution in [0.5, 0.6) is 5.75 Å². The molecular formula is C19H24FN3O2. The monoisotopic (exact) mass is 345 g/mol. The van der Waals surface area contributed by atoms with Crippen molar-refractivity contribution in [3.63, 3.8) is 0 Å². The van der Waals surface area contributed by atoms with Crippen LogP contribution in [0.1, 0.15) is 17.2 Å². The lowest BCUT2D eigenvalue weighted by Gasteiger charge is -2.25. The molecule has 134 valence electrons. The van der Waals surface area contributed by atoms with Crippen molar-refractivity contribution in [3.8, 4) is 5.75 Å². The summed E-state index contributed by atoms with van der Waals surface area (Å²) < 4.78 is 18.8. The number of benzene rings is 2. The summed E-state index contributed by atoms with van der Waals surface area (Å²) in [6.07, 6.45) is 0. The number of halogens is 1. The van der Waals surface area contributed by atoms with Crippen LogP contribution in [0.3, 0.4) is 0 Å². The maximum atomic E-state index is 13.6. The third-order valence-corrected chi connectivity index (χ3v) is 3.96. The minimum absolute atomic E-state index is 0.00527. The fourth-order valence-corrected chi connectivity index (χ4v) is 2.52. The lowest BCUT2D eigenvalue weighted by atomic mass is 10.1. The molecule has 0 bridgehead atoms. The van der Waals surface area contributed by atoms with E-state index in [1.807, 2.05) is 43.3 Å². The van der Waals surface area contributed by atoms with E-state index in [-0.39, 0.29) is 24.4 Å². The van der Waals surface area contributed by atoms with Crippen molar-refractivity contribution in [2.75, 3.05) is 27.7 Å². The molecule has 2 N–H and O–H groups in total. The number of methoxy groups -OCH3 is 1. The van der Waals surface area contributed by atoms with Crippen LogP contribution in [0.15, 0.2) is 48.5 Å². The summed E-state index contributed by atoms with van der Waals surface area (Å²) in [6.45, 7) is 0.563. The van der Waals surface area contributed by atoms with Crippen molar-refractivity contribution in [1.29, 1.82) is 0 Å². The largest absolute Gasteiger partial charge is 0.497 e. The van der Waals surface area contributed by atoms with Crippen LogP contribution in [-0.2, 0) is 6.54 Å². The average Bonchev–Trinajstić information content (AvgIpc) is 2.61. The van der Waals surface area contributed by atoms with Crippen molar-refractivity contribution in [3.05, 3.63) is 65.5 Å². The van der Waals surface area contributed by atoms with Gasteiger partial charge in [-0.2, -0.15) is 0 Å². The van der Waals surface area contributed by atoms with Crippen LogP contribution < -0.4 is 15.4 Å². The molecule has 1 atom stereocenters. The SMILES string of the molecule is COc1cccc(C(CNC(=O)NCc2ccccc2F)N(C)C)c1. The number of amides is 2. The number of ether oxygens (including phenoxy) is 1. The average molecular weight is 345 g/mol. The van der Waals surface area contributed by atoms with Gasteiger partial charge < -0.3 is 20.3 Å². The standard InChI is InChI=1S/C19H24FN3O2/c1-23(2)18(14-8-6-9-16(11-14)25-3)13-22-19(24)21-12-15-7-4-5-10-17(15)20/h4-11,18H,12-13H2,1-3H3,(H2,21,22,24). The molecule has 6 heteroatoms. The summed E-state index contributed by atoms with van der Waals surface area (Å²) in [5.74, 6) is 0.443. The maximum absolute atomic E-state index is 13.6. The van der Waals surface area contributed by atoms with Gasteiger partial charge in [-0.15, -0.1) is 0 Å². The molecule has 25 heavy (non-hydrogen) atoms. The Morgan fingerprint density at radius 2 is 1.92 bits per heavy atom. The number of carbonyl (C=O) groups is 1. The van der Waals surface area contributed by atoms with Crippen molar-refractivity contribution in [1.82, 2.24) is 15.5 Å². The van der Waals surface area contributed by atoms with E-state index in [1.165, 1.54) is 6.07 Å². The molecule has 0 radical (unpaired) electrons. The Morgan fingerprint density at radius 1 is 1.16 bits per heavy atom. The zero-order valence-electron chi connectivity index (χ0n) is 14.8. The van der Waals surface area contributed by atoms with Crippen LogP contribution in [0.25, 0.3) is 0 Å². The van der Waals surface area contributed by atoms with Gasteiger partial charge in [0.2, 0.25) is 0 Å². The highest BCUT2D eigenvalue weighted by Gasteiger charge is 2.16. The lowest BCUT2D eigenvalue weighted by molar-refractivity contribution is 0.232. The molecule has 0 fully saturated rings. The minimum Gasteiger partial charge on any atom is -0.497 e. The van der Waals surface area contributed by atoms with E-state index in [4.69, 9.17) is 4.74 Å². The van der Waals surface area contributed by atoms with E-state index in [2.05, 4.69) is 10.6 Å². The van der Waals surface area contributed by atoms with Gasteiger partial charge >= 0.3 is 6.03 Å². The second-order valence-corrected chi connectivity index (χ2v) is 5.91. The van der Waals surface area contributed by atoms with Crippen molar-refractivity contribution in [2.45, 2.75) is 12.6 Å². The molecule has 0 aliphatic rings. The molecule has 2 amide bonds. The van der Waals surface area contributed by atoms with Gasteiger partial charge in [-0.3, -0.25) is 0 Å². The molecule has 0 aromatic heterocycles. The molecule has 5 nitrogen and oxygen atoms in total. The van der Waals surface area contributed by atoms with Gasteiger partial charge in [0.1, 0.15) is 11.6 Å². The molecule has 0 saturated heterocycles. The van der Waals surface area contributed by atoms with E-state index in [1.54, 1.807) is 25.3 Å². The van der Waals surface area contributed by atoms with Crippen LogP contribution in [-0.4, -0.2) is 38.7 Å². The lowest BCUT2D eigenvalue weighted by Crippen LogP contribution is -2.40. The first kappa shape index (κ1) is 18.7. The number of carbonyl (C=O) groups excluding carboxylic acids is 1. The highest BCUT2D eigenvalue weighted by molar-refractivity contribution is 5.73. The zero-order chi connectivity index (χ0) is 18.2. The van der Waals surface area contributed by atoms with Crippen LogP contribution in [0.2, 0.25) is 0 Å². The molecule has 0 aliphatic heterocycles. The first-order chi connectivity index (χ1) is 12.0. The van der Waals surface area contributed by atoms with Crippen molar-refractivity contribution < 1.29 is 13.9 Å². The van der Waals surface area contributed by atoms with Gasteiger partial charge in [-0.25, -0.2) is 9.18 Å². The highest BCUT2D eigenvalue weighted by Crippen LogP contribution is 2.22. The Labute approximate surface area is 147 Å². The molecule has 1 unspecified atom stereocenters. The van der Waals surface area contributed by atoms with Gasteiger partial charge in [0.05, 0.1) is 13.2 Å². The third-order valence-electron chi connectivity index (χ3n) is 3.96. The fourth-order valence-electron chi connectivity index (χ4n) is 2.52. The number of hydrogen-bond donors (Lipinski definition) is 2. The predicted molar refractivity (Wildman–Crippen MR) is 96.1 cm³/mol. The summed E-state index contributed by atoms with van der Waals surface area (Å²) in [4.78, 5) is 14.0. The molecule has 0 saturated carbocycles. The van der Waals surface area contributed by atoms with Gasteiger partial charge in [0.15, 0.2) is 0 Å². The third kappa shape index (κ3) is 5.46. The zero-order valence-corrected chi connectivity index (χ0v) is 14.8. The Balaban J connectivity index is 1.92. The number of nitrogens with one attached hydrogen (secondary N) is 2. The number of likely N-dealkylation sites (N-methyl/N-ethyl adjacent to an activating group) is 1. The number of hydrogen-bond acceptors (Lipinski definition) is 3. The van der Waals surface area contributed by atoms with Gasteiger partial charge in [0.25, 0.3) is 0 Å². The number of nitrogens with zero attached hydrogens (tertiary/aromatic N) is 1.